The summed E-state index contributed by atoms with van der Waals surface area (Å²) in [6.07, 6.45) is -1.56. The zero-order valence-electron chi connectivity index (χ0n) is 21.0. The van der Waals surface area contributed by atoms with Crippen LogP contribution in [-0.2, 0) is 9.53 Å². The Bertz CT molecular complexity index is 918. The number of halogens is 1. The summed E-state index contributed by atoms with van der Waals surface area (Å²) in [6.45, 7) is 11.3. The third-order valence-corrected chi connectivity index (χ3v) is 5.23. The van der Waals surface area contributed by atoms with E-state index in [2.05, 4.69) is 10.7 Å². The molecule has 8 nitrogen and oxygen atoms in total. The molecule has 1 amide bonds. The summed E-state index contributed by atoms with van der Waals surface area (Å²) in [5.41, 5.74) is 3.29. The van der Waals surface area contributed by atoms with Crippen molar-refractivity contribution >= 4 is 11.9 Å². The number of hydrogen-bond acceptors (Lipinski definition) is 7. The minimum atomic E-state index is -0.946. The van der Waals surface area contributed by atoms with Crippen LogP contribution >= 0.6 is 0 Å². The third-order valence-electron chi connectivity index (χ3n) is 5.23. The van der Waals surface area contributed by atoms with Crippen molar-refractivity contribution in [3.05, 3.63) is 54.3 Å². The van der Waals surface area contributed by atoms with E-state index in [0.717, 1.165) is 13.1 Å². The summed E-state index contributed by atoms with van der Waals surface area (Å²) < 4.78 is 29.8. The first-order valence-corrected chi connectivity index (χ1v) is 11.9. The van der Waals surface area contributed by atoms with Gasteiger partial charge in [0.1, 0.15) is 23.1 Å². The fraction of sp³-hybridized carbons (Fsp3) is 0.462. The Hall–Kier alpha value is -3.17. The lowest BCUT2D eigenvalue weighted by Gasteiger charge is -2.31. The zero-order chi connectivity index (χ0) is 25.8. The Morgan fingerprint density at radius 1 is 0.914 bits per heavy atom. The van der Waals surface area contributed by atoms with E-state index in [-0.39, 0.29) is 30.7 Å². The second-order valence-corrected chi connectivity index (χ2v) is 8.16. The van der Waals surface area contributed by atoms with Crippen molar-refractivity contribution in [2.45, 2.75) is 46.8 Å². The van der Waals surface area contributed by atoms with E-state index in [9.17, 15) is 14.0 Å². The number of nitrogens with one attached hydrogen (secondary N) is 2. The molecule has 2 N–H and O–H groups in total. The molecule has 0 aliphatic heterocycles. The molecular weight excluding hydrogens is 453 g/mol. The van der Waals surface area contributed by atoms with Gasteiger partial charge in [0, 0.05) is 13.1 Å². The molecule has 0 heterocycles. The highest BCUT2D eigenvalue weighted by atomic mass is 19.1. The Labute approximate surface area is 206 Å². The number of benzene rings is 2. The summed E-state index contributed by atoms with van der Waals surface area (Å²) in [5.74, 6) is 0.918. The molecule has 9 heteroatoms. The van der Waals surface area contributed by atoms with E-state index in [1.54, 1.807) is 31.2 Å². The minimum Gasteiger partial charge on any atom is -0.481 e. The third kappa shape index (κ3) is 9.18. The van der Waals surface area contributed by atoms with Gasteiger partial charge in [-0.15, -0.1) is 0 Å². The van der Waals surface area contributed by atoms with E-state index >= 15 is 0 Å². The van der Waals surface area contributed by atoms with Gasteiger partial charge in [-0.25, -0.2) is 19.6 Å². The first-order chi connectivity index (χ1) is 16.8. The van der Waals surface area contributed by atoms with Crippen LogP contribution in [0.1, 0.15) is 34.6 Å². The predicted octanol–water partition coefficient (Wildman–Crippen LogP) is 4.55. The van der Waals surface area contributed by atoms with Crippen LogP contribution in [0.2, 0.25) is 0 Å². The SMILES string of the molecule is CCOC(=O)NCC(Oc1ccc(Oc2ccc(F)cc2)cc1)C(=O)[C@@H](NN(CC)CC)C(C)C. The van der Waals surface area contributed by atoms with E-state index in [0.29, 0.717) is 17.2 Å². The van der Waals surface area contributed by atoms with E-state index in [1.165, 1.54) is 24.3 Å². The van der Waals surface area contributed by atoms with Crippen LogP contribution in [0.25, 0.3) is 0 Å². The molecule has 0 bridgehead atoms. The smallest absolute Gasteiger partial charge is 0.407 e. The number of alkyl carbamates (subject to hydrolysis) is 1. The molecule has 0 spiro atoms. The molecule has 0 fully saturated rings. The van der Waals surface area contributed by atoms with Crippen molar-refractivity contribution < 1.29 is 28.2 Å². The molecular formula is C26H36FN3O5. The normalized spacial score (nSPS) is 12.8. The topological polar surface area (TPSA) is 89.1 Å². The van der Waals surface area contributed by atoms with Crippen LogP contribution in [0.3, 0.4) is 0 Å². The Morgan fingerprint density at radius 2 is 1.46 bits per heavy atom. The highest BCUT2D eigenvalue weighted by Crippen LogP contribution is 2.25. The first kappa shape index (κ1) is 28.1. The Morgan fingerprint density at radius 3 is 1.97 bits per heavy atom. The maximum atomic E-state index is 13.5. The van der Waals surface area contributed by atoms with Crippen molar-refractivity contribution in [2.24, 2.45) is 5.92 Å². The molecule has 1 unspecified atom stereocenters. The molecule has 0 aliphatic carbocycles. The summed E-state index contributed by atoms with van der Waals surface area (Å²) in [4.78, 5) is 25.4. The van der Waals surface area contributed by atoms with Gasteiger partial charge < -0.3 is 19.5 Å². The monoisotopic (exact) mass is 489 g/mol. The van der Waals surface area contributed by atoms with Gasteiger partial charge in [0.2, 0.25) is 0 Å². The molecule has 192 valence electrons. The highest BCUT2D eigenvalue weighted by molar-refractivity contribution is 5.89. The number of carbonyl (C=O) groups is 2. The van der Waals surface area contributed by atoms with Crippen molar-refractivity contribution in [3.8, 4) is 17.2 Å². The molecule has 0 radical (unpaired) electrons. The quantitative estimate of drug-likeness (QED) is 0.376. The minimum absolute atomic E-state index is 0.0109. The number of hydrogen-bond donors (Lipinski definition) is 2. The standard InChI is InChI=1S/C26H36FN3O5/c1-6-30(7-2)29-24(18(4)5)25(31)23(17-28-26(32)33-8-3)35-22-15-13-21(14-16-22)34-20-11-9-19(27)10-12-20/h9-16,18,23-24,29H,6-8,17H2,1-5H3,(H,28,32)/t23?,24-/m0/s1. The van der Waals surface area contributed by atoms with Crippen LogP contribution in [0.5, 0.6) is 17.2 Å². The Kier molecular flexibility index (Phi) is 11.5. The van der Waals surface area contributed by atoms with Gasteiger partial charge in [0.25, 0.3) is 0 Å². The molecule has 0 saturated heterocycles. The number of nitrogens with zero attached hydrogens (tertiary/aromatic N) is 1. The summed E-state index contributed by atoms with van der Waals surface area (Å²) in [6, 6.07) is 11.9. The van der Waals surface area contributed by atoms with Crippen molar-refractivity contribution in [1.29, 1.82) is 0 Å². The number of Topliss-reactive ketones (excluding diaryl/α,β-unsaturated/α-hetero) is 1. The van der Waals surface area contributed by atoms with Gasteiger partial charge in [-0.1, -0.05) is 27.7 Å². The molecule has 0 saturated carbocycles. The van der Waals surface area contributed by atoms with Crippen LogP contribution < -0.4 is 20.2 Å². The van der Waals surface area contributed by atoms with E-state index < -0.39 is 18.2 Å². The van der Waals surface area contributed by atoms with Gasteiger partial charge >= 0.3 is 6.09 Å². The molecule has 2 aromatic carbocycles. The fourth-order valence-corrected chi connectivity index (χ4v) is 3.29. The number of amides is 1. The second kappa shape index (κ2) is 14.3. The van der Waals surface area contributed by atoms with Gasteiger partial charge in [-0.05, 0) is 61.4 Å². The van der Waals surface area contributed by atoms with Crippen molar-refractivity contribution in [3.63, 3.8) is 0 Å². The van der Waals surface area contributed by atoms with Crippen LogP contribution in [0.4, 0.5) is 9.18 Å². The average molecular weight is 490 g/mol. The number of ketones is 1. The maximum absolute atomic E-state index is 13.5. The summed E-state index contributed by atoms with van der Waals surface area (Å²) >= 11 is 0. The van der Waals surface area contributed by atoms with E-state index in [4.69, 9.17) is 14.2 Å². The maximum Gasteiger partial charge on any atom is 0.407 e. The second-order valence-electron chi connectivity index (χ2n) is 8.16. The number of carbonyl (C=O) groups excluding carboxylic acids is 2. The van der Waals surface area contributed by atoms with Gasteiger partial charge in [-0.2, -0.15) is 0 Å². The average Bonchev–Trinajstić information content (AvgIpc) is 2.84. The lowest BCUT2D eigenvalue weighted by atomic mass is 9.96. The zero-order valence-corrected chi connectivity index (χ0v) is 21.0. The number of rotatable bonds is 14. The number of hydrazine groups is 1. The van der Waals surface area contributed by atoms with Gasteiger partial charge in [0.15, 0.2) is 11.9 Å². The van der Waals surface area contributed by atoms with Crippen LogP contribution in [0, 0.1) is 11.7 Å². The molecule has 2 rings (SSSR count). The van der Waals surface area contributed by atoms with Crippen LogP contribution in [-0.4, -0.2) is 55.3 Å². The fourth-order valence-electron chi connectivity index (χ4n) is 3.29. The summed E-state index contributed by atoms with van der Waals surface area (Å²) in [7, 11) is 0. The molecule has 35 heavy (non-hydrogen) atoms. The highest BCUT2D eigenvalue weighted by Gasteiger charge is 2.32. The van der Waals surface area contributed by atoms with Crippen LogP contribution in [0.15, 0.2) is 48.5 Å². The van der Waals surface area contributed by atoms with Crippen molar-refractivity contribution in [1.82, 2.24) is 15.8 Å². The lowest BCUT2D eigenvalue weighted by molar-refractivity contribution is -0.130. The van der Waals surface area contributed by atoms with Gasteiger partial charge in [0.05, 0.1) is 19.2 Å². The summed E-state index contributed by atoms with van der Waals surface area (Å²) in [5, 5.41) is 4.56. The molecule has 0 aromatic heterocycles. The predicted molar refractivity (Wildman–Crippen MR) is 132 cm³/mol. The first-order valence-electron chi connectivity index (χ1n) is 11.9. The molecule has 0 aliphatic rings. The van der Waals surface area contributed by atoms with Crippen molar-refractivity contribution in [2.75, 3.05) is 26.2 Å². The largest absolute Gasteiger partial charge is 0.481 e. The molecule has 2 aromatic rings. The van der Waals surface area contributed by atoms with Gasteiger partial charge in [-0.3, -0.25) is 4.79 Å². The molecule has 2 atom stereocenters. The number of ether oxygens (including phenoxy) is 3. The Balaban J connectivity index is 2.16. The van der Waals surface area contributed by atoms with E-state index in [1.807, 2.05) is 32.7 Å². The lowest BCUT2D eigenvalue weighted by Crippen LogP contribution is -2.56.